The molecule has 0 bridgehead atoms. The Morgan fingerprint density at radius 1 is 1.24 bits per heavy atom. The molecule has 1 aromatic carbocycles. The molecule has 0 spiro atoms. The van der Waals surface area contributed by atoms with Crippen LogP contribution >= 0.6 is 0 Å². The van der Waals surface area contributed by atoms with Crippen LogP contribution < -0.4 is 10.6 Å². The number of aromatic nitrogens is 1. The molecule has 0 aliphatic heterocycles. The lowest BCUT2D eigenvalue weighted by Gasteiger charge is -2.12. The molecule has 0 amide bonds. The highest BCUT2D eigenvalue weighted by molar-refractivity contribution is 5.79. The number of aliphatic imine (C=N–C) groups is 1. The molecule has 0 fully saturated rings. The van der Waals surface area contributed by atoms with Gasteiger partial charge in [0.1, 0.15) is 5.82 Å². The molecule has 0 saturated carbocycles. The van der Waals surface area contributed by atoms with Crippen LogP contribution in [-0.4, -0.2) is 24.1 Å². The van der Waals surface area contributed by atoms with Crippen molar-refractivity contribution in [2.75, 3.05) is 13.6 Å². The van der Waals surface area contributed by atoms with E-state index >= 15 is 0 Å². The van der Waals surface area contributed by atoms with E-state index in [4.69, 9.17) is 0 Å². The van der Waals surface area contributed by atoms with E-state index < -0.39 is 0 Å². The molecule has 0 radical (unpaired) electrons. The number of benzene rings is 1. The van der Waals surface area contributed by atoms with Crippen LogP contribution in [0.25, 0.3) is 0 Å². The smallest absolute Gasteiger partial charge is 0.191 e. The molecule has 0 saturated heterocycles. The molecule has 112 valence electrons. The summed E-state index contributed by atoms with van der Waals surface area (Å²) >= 11 is 0. The Bertz CT molecular complexity index is 590. The molecule has 1 heterocycles. The summed E-state index contributed by atoms with van der Waals surface area (Å²) in [5.41, 5.74) is 1.69. The summed E-state index contributed by atoms with van der Waals surface area (Å²) in [6.07, 6.45) is 4.05. The lowest BCUT2D eigenvalue weighted by molar-refractivity contribution is 0.617. The van der Waals surface area contributed by atoms with Crippen molar-refractivity contribution in [1.82, 2.24) is 15.2 Å². The van der Waals surface area contributed by atoms with Gasteiger partial charge in [0.15, 0.2) is 5.96 Å². The largest absolute Gasteiger partial charge is 0.355 e. The second-order valence-electron chi connectivity index (χ2n) is 4.86. The van der Waals surface area contributed by atoms with Crippen molar-refractivity contribution in [2.24, 2.45) is 4.99 Å². The topological polar surface area (TPSA) is 41.4 Å². The third-order valence-corrected chi connectivity index (χ3v) is 3.23. The van der Waals surface area contributed by atoms with Crippen LogP contribution in [0.3, 0.4) is 0 Å². The second kappa shape index (κ2) is 7.47. The molecule has 2 N–H and O–H groups in total. The third-order valence-electron chi connectivity index (χ3n) is 3.23. The van der Waals surface area contributed by atoms with Gasteiger partial charge in [-0.05, 0) is 36.2 Å². The van der Waals surface area contributed by atoms with Gasteiger partial charge in [-0.3, -0.25) is 4.99 Å². The highest BCUT2D eigenvalue weighted by Gasteiger charge is 2.01. The van der Waals surface area contributed by atoms with Gasteiger partial charge in [0.2, 0.25) is 0 Å². The molecule has 21 heavy (non-hydrogen) atoms. The molecule has 5 heteroatoms. The van der Waals surface area contributed by atoms with Gasteiger partial charge in [-0.15, -0.1) is 0 Å². The van der Waals surface area contributed by atoms with Crippen LogP contribution in [0.15, 0.2) is 47.7 Å². The predicted octanol–water partition coefficient (Wildman–Crippen LogP) is 2.30. The fourth-order valence-corrected chi connectivity index (χ4v) is 2.05. The minimum absolute atomic E-state index is 0.173. The lowest BCUT2D eigenvalue weighted by Crippen LogP contribution is -2.38. The van der Waals surface area contributed by atoms with Gasteiger partial charge >= 0.3 is 0 Å². The molecule has 0 aliphatic carbocycles. The molecule has 1 aromatic heterocycles. The minimum atomic E-state index is -0.173. The molecule has 0 atom stereocenters. The van der Waals surface area contributed by atoms with Gasteiger partial charge < -0.3 is 15.2 Å². The molecular formula is C16H21FN4. The highest BCUT2D eigenvalue weighted by Crippen LogP contribution is 2.08. The maximum Gasteiger partial charge on any atom is 0.191 e. The van der Waals surface area contributed by atoms with Gasteiger partial charge in [-0.25, -0.2) is 4.39 Å². The fraction of sp³-hybridized carbons (Fsp3) is 0.312. The van der Waals surface area contributed by atoms with Crippen molar-refractivity contribution >= 4 is 5.96 Å². The van der Waals surface area contributed by atoms with E-state index in [-0.39, 0.29) is 5.82 Å². The first-order chi connectivity index (χ1) is 10.2. The number of nitrogens with zero attached hydrogens (tertiary/aromatic N) is 2. The van der Waals surface area contributed by atoms with E-state index in [1.807, 2.05) is 30.6 Å². The fourth-order valence-electron chi connectivity index (χ4n) is 2.05. The third kappa shape index (κ3) is 4.63. The van der Waals surface area contributed by atoms with E-state index in [1.54, 1.807) is 20.0 Å². The summed E-state index contributed by atoms with van der Waals surface area (Å²) in [5.74, 6) is 0.567. The van der Waals surface area contributed by atoms with E-state index in [0.717, 1.165) is 24.6 Å². The van der Waals surface area contributed by atoms with Gasteiger partial charge in [0.25, 0.3) is 0 Å². The summed E-state index contributed by atoms with van der Waals surface area (Å²) < 4.78 is 15.3. The maximum absolute atomic E-state index is 13.2. The lowest BCUT2D eigenvalue weighted by atomic mass is 10.1. The van der Waals surface area contributed by atoms with E-state index in [9.17, 15) is 4.39 Å². The summed E-state index contributed by atoms with van der Waals surface area (Å²) in [4.78, 5) is 4.17. The van der Waals surface area contributed by atoms with Crippen molar-refractivity contribution in [3.05, 3.63) is 59.7 Å². The Kier molecular flexibility index (Phi) is 5.37. The zero-order valence-corrected chi connectivity index (χ0v) is 12.4. The standard InChI is InChI=1S/C16H21FN4/c1-13-11-14(5-6-15(13)17)12-20-16(18-2)19-7-10-21-8-3-4-9-21/h3-6,8-9,11H,7,10,12H2,1-2H3,(H2,18,19,20). The van der Waals surface area contributed by atoms with E-state index in [0.29, 0.717) is 12.1 Å². The number of rotatable bonds is 5. The quantitative estimate of drug-likeness (QED) is 0.655. The number of hydrogen-bond acceptors (Lipinski definition) is 1. The number of guanidine groups is 1. The van der Waals surface area contributed by atoms with Crippen molar-refractivity contribution < 1.29 is 4.39 Å². The maximum atomic E-state index is 13.2. The molecule has 2 aromatic rings. The van der Waals surface area contributed by atoms with E-state index in [1.165, 1.54) is 6.07 Å². The zero-order chi connectivity index (χ0) is 15.1. The van der Waals surface area contributed by atoms with Crippen LogP contribution in [0.2, 0.25) is 0 Å². The molecule has 0 aliphatic rings. The molecule has 2 rings (SSSR count). The number of hydrogen-bond donors (Lipinski definition) is 2. The van der Waals surface area contributed by atoms with Crippen LogP contribution in [0.5, 0.6) is 0 Å². The minimum Gasteiger partial charge on any atom is -0.355 e. The summed E-state index contributed by atoms with van der Waals surface area (Å²) in [5, 5.41) is 6.47. The van der Waals surface area contributed by atoms with Crippen molar-refractivity contribution in [3.63, 3.8) is 0 Å². The molecule has 0 unspecified atom stereocenters. The average molecular weight is 288 g/mol. The molecular weight excluding hydrogens is 267 g/mol. The molecule has 4 nitrogen and oxygen atoms in total. The SMILES string of the molecule is CN=C(NCCn1cccc1)NCc1ccc(F)c(C)c1. The Balaban J connectivity index is 1.78. The Hall–Kier alpha value is -2.30. The normalized spacial score (nSPS) is 11.5. The Morgan fingerprint density at radius 2 is 2.00 bits per heavy atom. The van der Waals surface area contributed by atoms with Crippen LogP contribution in [0.1, 0.15) is 11.1 Å². The highest BCUT2D eigenvalue weighted by atomic mass is 19.1. The van der Waals surface area contributed by atoms with Gasteiger partial charge in [0, 0.05) is 39.1 Å². The van der Waals surface area contributed by atoms with E-state index in [2.05, 4.69) is 20.2 Å². The summed E-state index contributed by atoms with van der Waals surface area (Å²) in [7, 11) is 1.74. The van der Waals surface area contributed by atoms with Crippen LogP contribution in [0.4, 0.5) is 4.39 Å². The number of aryl methyl sites for hydroxylation is 1. The Labute approximate surface area is 124 Å². The summed E-state index contributed by atoms with van der Waals surface area (Å²) in [6, 6.07) is 9.13. The first-order valence-corrected chi connectivity index (χ1v) is 6.99. The van der Waals surface area contributed by atoms with Gasteiger partial charge in [-0.1, -0.05) is 12.1 Å². The van der Waals surface area contributed by atoms with Crippen molar-refractivity contribution in [1.29, 1.82) is 0 Å². The summed E-state index contributed by atoms with van der Waals surface area (Å²) in [6.45, 7) is 4.05. The van der Waals surface area contributed by atoms with Gasteiger partial charge in [0.05, 0.1) is 0 Å². The van der Waals surface area contributed by atoms with Gasteiger partial charge in [-0.2, -0.15) is 0 Å². The average Bonchev–Trinajstić information content (AvgIpc) is 2.99. The van der Waals surface area contributed by atoms with Crippen LogP contribution in [-0.2, 0) is 13.1 Å². The monoisotopic (exact) mass is 288 g/mol. The first kappa shape index (κ1) is 15.1. The number of halogens is 1. The van der Waals surface area contributed by atoms with Crippen molar-refractivity contribution in [3.8, 4) is 0 Å². The first-order valence-electron chi connectivity index (χ1n) is 6.99. The zero-order valence-electron chi connectivity index (χ0n) is 12.4. The second-order valence-corrected chi connectivity index (χ2v) is 4.86. The number of nitrogens with one attached hydrogen (secondary N) is 2. The predicted molar refractivity (Wildman–Crippen MR) is 83.8 cm³/mol. The Morgan fingerprint density at radius 3 is 2.67 bits per heavy atom. The van der Waals surface area contributed by atoms with Crippen LogP contribution in [0, 0.1) is 12.7 Å². The van der Waals surface area contributed by atoms with Crippen molar-refractivity contribution in [2.45, 2.75) is 20.0 Å².